The molecule has 3 aromatic rings. The standard InChI is InChI=1S/C21H24N6O2/c1-14-10-23-21(25-17-11-24-27(13-17)18-4-3-9-22-12-18)26-19(14)15-5-7-16(8-6-15)20(28)29-2/h5-8,10-11,13,18,22H,3-4,9,12H2,1-2H3,(H,23,25,26). The number of piperidine rings is 1. The SMILES string of the molecule is COC(=O)c1ccc(-c2nc(Nc3cnn(C4CCCNC4)c3)ncc2C)cc1. The molecule has 0 saturated carbocycles. The third kappa shape index (κ3) is 4.27. The number of nitrogens with one attached hydrogen (secondary N) is 2. The van der Waals surface area contributed by atoms with Gasteiger partial charge in [-0.25, -0.2) is 14.8 Å². The van der Waals surface area contributed by atoms with Crippen molar-refractivity contribution in [2.45, 2.75) is 25.8 Å². The number of methoxy groups -OCH3 is 1. The van der Waals surface area contributed by atoms with Crippen LogP contribution in [0.5, 0.6) is 0 Å². The smallest absolute Gasteiger partial charge is 0.337 e. The second-order valence-electron chi connectivity index (χ2n) is 7.13. The maximum atomic E-state index is 11.6. The summed E-state index contributed by atoms with van der Waals surface area (Å²) >= 11 is 0. The Bertz CT molecular complexity index is 993. The molecule has 8 nitrogen and oxygen atoms in total. The van der Waals surface area contributed by atoms with Crippen molar-refractivity contribution in [1.29, 1.82) is 0 Å². The average Bonchev–Trinajstić information content (AvgIpc) is 3.24. The Morgan fingerprint density at radius 2 is 2.10 bits per heavy atom. The molecule has 0 amide bonds. The monoisotopic (exact) mass is 392 g/mol. The van der Waals surface area contributed by atoms with Crippen LogP contribution in [0.2, 0.25) is 0 Å². The number of hydrogen-bond acceptors (Lipinski definition) is 7. The van der Waals surface area contributed by atoms with Gasteiger partial charge in [-0.15, -0.1) is 0 Å². The first kappa shape index (κ1) is 19.1. The molecular weight excluding hydrogens is 368 g/mol. The van der Waals surface area contributed by atoms with Gasteiger partial charge < -0.3 is 15.4 Å². The van der Waals surface area contributed by atoms with E-state index in [1.807, 2.05) is 29.9 Å². The number of carbonyl (C=O) groups is 1. The van der Waals surface area contributed by atoms with Crippen molar-refractivity contribution in [3.05, 3.63) is 54.0 Å². The fourth-order valence-electron chi connectivity index (χ4n) is 3.47. The second kappa shape index (κ2) is 8.40. The number of aryl methyl sites for hydroxylation is 1. The summed E-state index contributed by atoms with van der Waals surface area (Å²) in [6, 6.07) is 7.57. The summed E-state index contributed by atoms with van der Waals surface area (Å²) in [6.07, 6.45) is 7.86. The van der Waals surface area contributed by atoms with Gasteiger partial charge in [0.05, 0.1) is 36.3 Å². The van der Waals surface area contributed by atoms with Crippen LogP contribution in [-0.4, -0.2) is 45.9 Å². The number of anilines is 2. The van der Waals surface area contributed by atoms with E-state index in [-0.39, 0.29) is 5.97 Å². The summed E-state index contributed by atoms with van der Waals surface area (Å²) in [4.78, 5) is 20.7. The molecule has 29 heavy (non-hydrogen) atoms. The zero-order valence-electron chi connectivity index (χ0n) is 16.6. The molecule has 0 radical (unpaired) electrons. The van der Waals surface area contributed by atoms with Crippen molar-refractivity contribution >= 4 is 17.6 Å². The van der Waals surface area contributed by atoms with Gasteiger partial charge in [0.25, 0.3) is 0 Å². The van der Waals surface area contributed by atoms with Gasteiger partial charge in [0, 0.05) is 24.5 Å². The van der Waals surface area contributed by atoms with Crippen LogP contribution in [0.15, 0.2) is 42.9 Å². The Labute approximate surface area is 169 Å². The molecule has 2 aromatic heterocycles. The molecule has 1 aliphatic rings. The van der Waals surface area contributed by atoms with Gasteiger partial charge in [-0.1, -0.05) is 12.1 Å². The number of rotatable bonds is 5. The summed E-state index contributed by atoms with van der Waals surface area (Å²) in [6.45, 7) is 3.97. The topological polar surface area (TPSA) is 94.0 Å². The third-order valence-corrected chi connectivity index (χ3v) is 5.05. The van der Waals surface area contributed by atoms with Crippen molar-refractivity contribution < 1.29 is 9.53 Å². The molecule has 1 aliphatic heterocycles. The summed E-state index contributed by atoms with van der Waals surface area (Å²) in [7, 11) is 1.37. The molecular formula is C21H24N6O2. The largest absolute Gasteiger partial charge is 0.465 e. The minimum Gasteiger partial charge on any atom is -0.465 e. The Morgan fingerprint density at radius 1 is 1.28 bits per heavy atom. The van der Waals surface area contributed by atoms with Gasteiger partial charge in [0.2, 0.25) is 5.95 Å². The number of ether oxygens (including phenoxy) is 1. The van der Waals surface area contributed by atoms with Crippen molar-refractivity contribution in [2.24, 2.45) is 0 Å². The van der Waals surface area contributed by atoms with E-state index in [0.29, 0.717) is 17.6 Å². The highest BCUT2D eigenvalue weighted by atomic mass is 16.5. The van der Waals surface area contributed by atoms with E-state index in [2.05, 4.69) is 25.7 Å². The minimum atomic E-state index is -0.358. The van der Waals surface area contributed by atoms with E-state index >= 15 is 0 Å². The predicted octanol–water partition coefficient (Wildman–Crippen LogP) is 3.10. The lowest BCUT2D eigenvalue weighted by atomic mass is 10.1. The van der Waals surface area contributed by atoms with Gasteiger partial charge in [0.1, 0.15) is 0 Å². The van der Waals surface area contributed by atoms with E-state index in [9.17, 15) is 4.79 Å². The molecule has 1 fully saturated rings. The van der Waals surface area contributed by atoms with Crippen LogP contribution < -0.4 is 10.6 Å². The van der Waals surface area contributed by atoms with Crippen LogP contribution >= 0.6 is 0 Å². The van der Waals surface area contributed by atoms with Crippen LogP contribution in [0.25, 0.3) is 11.3 Å². The van der Waals surface area contributed by atoms with Gasteiger partial charge in [0.15, 0.2) is 0 Å². The first-order valence-electron chi connectivity index (χ1n) is 9.68. The molecule has 3 heterocycles. The van der Waals surface area contributed by atoms with Gasteiger partial charge >= 0.3 is 5.97 Å². The van der Waals surface area contributed by atoms with Crippen LogP contribution in [0.1, 0.15) is 34.8 Å². The maximum absolute atomic E-state index is 11.6. The average molecular weight is 392 g/mol. The summed E-state index contributed by atoms with van der Waals surface area (Å²) in [5.74, 6) is 0.146. The Morgan fingerprint density at radius 3 is 2.83 bits per heavy atom. The molecule has 0 aliphatic carbocycles. The number of benzene rings is 1. The van der Waals surface area contributed by atoms with E-state index in [4.69, 9.17) is 4.74 Å². The maximum Gasteiger partial charge on any atom is 0.337 e. The van der Waals surface area contributed by atoms with Crippen molar-refractivity contribution in [1.82, 2.24) is 25.1 Å². The molecule has 150 valence electrons. The molecule has 0 spiro atoms. The number of hydrogen-bond donors (Lipinski definition) is 2. The number of aromatic nitrogens is 4. The Hall–Kier alpha value is -3.26. The van der Waals surface area contributed by atoms with E-state index in [0.717, 1.165) is 48.4 Å². The molecule has 1 aromatic carbocycles. The normalized spacial score (nSPS) is 16.4. The zero-order chi connectivity index (χ0) is 20.2. The van der Waals surface area contributed by atoms with E-state index in [1.165, 1.54) is 7.11 Å². The first-order chi connectivity index (χ1) is 14.1. The molecule has 1 saturated heterocycles. The fraction of sp³-hybridized carbons (Fsp3) is 0.333. The van der Waals surface area contributed by atoms with Gasteiger partial charge in [-0.05, 0) is 44.0 Å². The fourth-order valence-corrected chi connectivity index (χ4v) is 3.47. The lowest BCUT2D eigenvalue weighted by Gasteiger charge is -2.22. The minimum absolute atomic E-state index is 0.358. The molecule has 2 N–H and O–H groups in total. The van der Waals surface area contributed by atoms with Crippen LogP contribution in [0, 0.1) is 6.92 Å². The highest BCUT2D eigenvalue weighted by molar-refractivity contribution is 5.89. The lowest BCUT2D eigenvalue weighted by molar-refractivity contribution is 0.0601. The van der Waals surface area contributed by atoms with E-state index < -0.39 is 0 Å². The number of nitrogens with zero attached hydrogens (tertiary/aromatic N) is 4. The summed E-state index contributed by atoms with van der Waals surface area (Å²) < 4.78 is 6.75. The number of carbonyl (C=O) groups excluding carboxylic acids is 1. The van der Waals surface area contributed by atoms with Gasteiger partial charge in [-0.2, -0.15) is 5.10 Å². The third-order valence-electron chi connectivity index (χ3n) is 5.05. The molecule has 8 heteroatoms. The van der Waals surface area contributed by atoms with Crippen molar-refractivity contribution in [3.8, 4) is 11.3 Å². The second-order valence-corrected chi connectivity index (χ2v) is 7.13. The summed E-state index contributed by atoms with van der Waals surface area (Å²) in [5, 5.41) is 11.1. The van der Waals surface area contributed by atoms with Gasteiger partial charge in [-0.3, -0.25) is 4.68 Å². The highest BCUT2D eigenvalue weighted by Crippen LogP contribution is 2.24. The number of esters is 1. The van der Waals surface area contributed by atoms with Crippen LogP contribution in [0.4, 0.5) is 11.6 Å². The molecule has 0 bridgehead atoms. The van der Waals surface area contributed by atoms with Crippen LogP contribution in [-0.2, 0) is 4.74 Å². The quantitative estimate of drug-likeness (QED) is 0.644. The van der Waals surface area contributed by atoms with E-state index in [1.54, 1.807) is 24.5 Å². The summed E-state index contributed by atoms with van der Waals surface area (Å²) in [5.41, 5.74) is 4.02. The Kier molecular flexibility index (Phi) is 5.53. The van der Waals surface area contributed by atoms with Crippen LogP contribution in [0.3, 0.4) is 0 Å². The molecule has 1 unspecified atom stereocenters. The Balaban J connectivity index is 1.53. The molecule has 4 rings (SSSR count). The molecule has 1 atom stereocenters. The first-order valence-corrected chi connectivity index (χ1v) is 9.68. The predicted molar refractivity (Wildman–Crippen MR) is 110 cm³/mol. The zero-order valence-corrected chi connectivity index (χ0v) is 16.6. The van der Waals surface area contributed by atoms with Crippen molar-refractivity contribution in [3.63, 3.8) is 0 Å². The highest BCUT2D eigenvalue weighted by Gasteiger charge is 2.16. The lowest BCUT2D eigenvalue weighted by Crippen LogP contribution is -2.31. The van der Waals surface area contributed by atoms with Crippen molar-refractivity contribution in [2.75, 3.05) is 25.5 Å².